The number of aromatic nitrogens is 1. The maximum Gasteiger partial charge on any atom is 0.123 e. The monoisotopic (exact) mass is 313 g/mol. The number of thiazole rings is 1. The van der Waals surface area contributed by atoms with Crippen molar-refractivity contribution in [2.45, 2.75) is 32.4 Å². The molecule has 0 radical (unpaired) electrons. The van der Waals surface area contributed by atoms with Crippen LogP contribution in [-0.4, -0.2) is 47.0 Å². The van der Waals surface area contributed by atoms with Gasteiger partial charge >= 0.3 is 0 Å². The number of hydrogen-bond acceptors (Lipinski definition) is 4. The van der Waals surface area contributed by atoms with Gasteiger partial charge in [0.1, 0.15) is 5.01 Å². The lowest BCUT2D eigenvalue weighted by Crippen LogP contribution is -2.49. The molecule has 3 heterocycles. The summed E-state index contributed by atoms with van der Waals surface area (Å²) in [5.41, 5.74) is 3.82. The quantitative estimate of drug-likeness (QED) is 0.866. The average Bonchev–Trinajstić information content (AvgIpc) is 3.16. The minimum Gasteiger partial charge on any atom is -0.298 e. The minimum atomic E-state index is 0.795. The van der Waals surface area contributed by atoms with Crippen molar-refractivity contribution in [3.05, 3.63) is 40.9 Å². The number of nitrogens with zero attached hydrogens (tertiary/aromatic N) is 3. The lowest BCUT2D eigenvalue weighted by molar-refractivity contribution is 0.0986. The first-order valence-electron chi connectivity index (χ1n) is 8.26. The molecule has 0 bridgehead atoms. The fourth-order valence-corrected chi connectivity index (χ4v) is 4.65. The highest BCUT2D eigenvalue weighted by Gasteiger charge is 2.30. The van der Waals surface area contributed by atoms with E-state index in [1.165, 1.54) is 55.8 Å². The molecule has 2 saturated heterocycles. The summed E-state index contributed by atoms with van der Waals surface area (Å²) in [6.45, 7) is 8.12. The van der Waals surface area contributed by atoms with Crippen molar-refractivity contribution in [1.82, 2.24) is 14.8 Å². The van der Waals surface area contributed by atoms with Gasteiger partial charge < -0.3 is 0 Å². The normalized spacial score (nSPS) is 22.9. The SMILES string of the molecule is Cc1ccccc1-c1nc(CN2CCN3CCCC3C2)cs1. The summed E-state index contributed by atoms with van der Waals surface area (Å²) in [6, 6.07) is 9.32. The van der Waals surface area contributed by atoms with Crippen molar-refractivity contribution in [2.75, 3.05) is 26.2 Å². The molecule has 0 saturated carbocycles. The van der Waals surface area contributed by atoms with Crippen molar-refractivity contribution in [3.8, 4) is 10.6 Å². The second-order valence-corrected chi connectivity index (χ2v) is 7.38. The van der Waals surface area contributed by atoms with Crippen LogP contribution in [0.15, 0.2) is 29.6 Å². The maximum absolute atomic E-state index is 4.88. The second-order valence-electron chi connectivity index (χ2n) is 6.53. The zero-order valence-electron chi connectivity index (χ0n) is 13.2. The molecule has 4 rings (SSSR count). The molecule has 1 atom stereocenters. The minimum absolute atomic E-state index is 0.795. The lowest BCUT2D eigenvalue weighted by atomic mass is 10.1. The van der Waals surface area contributed by atoms with Gasteiger partial charge in [0.25, 0.3) is 0 Å². The third kappa shape index (κ3) is 2.83. The smallest absolute Gasteiger partial charge is 0.123 e. The van der Waals surface area contributed by atoms with E-state index in [0.29, 0.717) is 0 Å². The predicted molar refractivity (Wildman–Crippen MR) is 92.2 cm³/mol. The van der Waals surface area contributed by atoms with Crippen LogP contribution in [-0.2, 0) is 6.54 Å². The van der Waals surface area contributed by atoms with Gasteiger partial charge in [-0.3, -0.25) is 9.80 Å². The Morgan fingerprint density at radius 2 is 2.14 bits per heavy atom. The highest BCUT2D eigenvalue weighted by molar-refractivity contribution is 7.13. The Kier molecular flexibility index (Phi) is 3.99. The molecule has 1 unspecified atom stereocenters. The molecule has 0 N–H and O–H groups in total. The van der Waals surface area contributed by atoms with E-state index in [1.54, 1.807) is 11.3 Å². The van der Waals surface area contributed by atoms with E-state index in [-0.39, 0.29) is 0 Å². The Hall–Kier alpha value is -1.23. The Labute approximate surface area is 136 Å². The van der Waals surface area contributed by atoms with Crippen molar-refractivity contribution in [2.24, 2.45) is 0 Å². The van der Waals surface area contributed by atoms with E-state index in [2.05, 4.69) is 46.4 Å². The van der Waals surface area contributed by atoms with Gasteiger partial charge in [-0.15, -0.1) is 11.3 Å². The molecule has 0 spiro atoms. The molecule has 0 aliphatic carbocycles. The fourth-order valence-electron chi connectivity index (χ4n) is 3.74. The van der Waals surface area contributed by atoms with Gasteiger partial charge in [0.15, 0.2) is 0 Å². The van der Waals surface area contributed by atoms with E-state index in [0.717, 1.165) is 17.6 Å². The van der Waals surface area contributed by atoms with Crippen LogP contribution >= 0.6 is 11.3 Å². The Morgan fingerprint density at radius 3 is 3.05 bits per heavy atom. The largest absolute Gasteiger partial charge is 0.298 e. The number of piperazine rings is 1. The van der Waals surface area contributed by atoms with E-state index >= 15 is 0 Å². The molecule has 2 fully saturated rings. The zero-order valence-corrected chi connectivity index (χ0v) is 14.0. The summed E-state index contributed by atoms with van der Waals surface area (Å²) in [7, 11) is 0. The maximum atomic E-state index is 4.88. The molecule has 1 aromatic heterocycles. The van der Waals surface area contributed by atoms with Gasteiger partial charge in [-0.25, -0.2) is 4.98 Å². The number of aryl methyl sites for hydroxylation is 1. The van der Waals surface area contributed by atoms with Crippen LogP contribution < -0.4 is 0 Å². The number of benzene rings is 1. The molecular weight excluding hydrogens is 290 g/mol. The van der Waals surface area contributed by atoms with E-state index in [4.69, 9.17) is 4.98 Å². The summed E-state index contributed by atoms with van der Waals surface area (Å²) >= 11 is 1.78. The lowest BCUT2D eigenvalue weighted by Gasteiger charge is -2.37. The fraction of sp³-hybridized carbons (Fsp3) is 0.500. The van der Waals surface area contributed by atoms with Crippen LogP contribution in [0.1, 0.15) is 24.1 Å². The third-order valence-corrected chi connectivity index (χ3v) is 5.91. The van der Waals surface area contributed by atoms with Gasteiger partial charge in [-0.05, 0) is 31.9 Å². The first kappa shape index (κ1) is 14.4. The van der Waals surface area contributed by atoms with E-state index < -0.39 is 0 Å². The Morgan fingerprint density at radius 1 is 1.23 bits per heavy atom. The highest BCUT2D eigenvalue weighted by atomic mass is 32.1. The summed E-state index contributed by atoms with van der Waals surface area (Å²) < 4.78 is 0. The van der Waals surface area contributed by atoms with Gasteiger partial charge in [0.2, 0.25) is 0 Å². The van der Waals surface area contributed by atoms with Crippen LogP contribution in [0.5, 0.6) is 0 Å². The van der Waals surface area contributed by atoms with Gasteiger partial charge in [0.05, 0.1) is 5.69 Å². The number of hydrogen-bond donors (Lipinski definition) is 0. The van der Waals surface area contributed by atoms with Crippen LogP contribution in [0.4, 0.5) is 0 Å². The molecular formula is C18H23N3S. The van der Waals surface area contributed by atoms with Crippen LogP contribution in [0.2, 0.25) is 0 Å². The van der Waals surface area contributed by atoms with Gasteiger partial charge in [-0.1, -0.05) is 24.3 Å². The highest BCUT2D eigenvalue weighted by Crippen LogP contribution is 2.28. The summed E-state index contributed by atoms with van der Waals surface area (Å²) in [4.78, 5) is 10.1. The Bertz CT molecular complexity index is 651. The number of fused-ring (bicyclic) bond motifs is 1. The average molecular weight is 313 g/mol. The first-order chi connectivity index (χ1) is 10.8. The molecule has 0 amide bonds. The summed E-state index contributed by atoms with van der Waals surface area (Å²) in [6.07, 6.45) is 2.76. The molecule has 116 valence electrons. The standard InChI is InChI=1S/C18H23N3S/c1-14-5-2-3-7-17(14)18-19-15(13-22-18)11-20-9-10-21-8-4-6-16(21)12-20/h2-3,5,7,13,16H,4,6,8-12H2,1H3. The summed E-state index contributed by atoms with van der Waals surface area (Å²) in [5.74, 6) is 0. The van der Waals surface area contributed by atoms with Crippen LogP contribution in [0.25, 0.3) is 10.6 Å². The van der Waals surface area contributed by atoms with Gasteiger partial charge in [0, 0.05) is 43.2 Å². The van der Waals surface area contributed by atoms with Gasteiger partial charge in [-0.2, -0.15) is 0 Å². The molecule has 2 aliphatic heterocycles. The molecule has 22 heavy (non-hydrogen) atoms. The molecule has 2 aromatic rings. The first-order valence-corrected chi connectivity index (χ1v) is 9.14. The zero-order chi connectivity index (χ0) is 14.9. The van der Waals surface area contributed by atoms with Crippen LogP contribution in [0.3, 0.4) is 0 Å². The molecule has 1 aromatic carbocycles. The predicted octanol–water partition coefficient (Wildman–Crippen LogP) is 3.40. The topological polar surface area (TPSA) is 19.4 Å². The third-order valence-electron chi connectivity index (χ3n) is 4.98. The Balaban J connectivity index is 1.45. The van der Waals surface area contributed by atoms with E-state index in [9.17, 15) is 0 Å². The number of rotatable bonds is 3. The van der Waals surface area contributed by atoms with Crippen molar-refractivity contribution >= 4 is 11.3 Å². The second kappa shape index (κ2) is 6.11. The summed E-state index contributed by atoms with van der Waals surface area (Å²) in [5, 5.41) is 3.40. The van der Waals surface area contributed by atoms with E-state index in [1.807, 2.05) is 0 Å². The van der Waals surface area contributed by atoms with Crippen molar-refractivity contribution < 1.29 is 0 Å². The molecule has 2 aliphatic rings. The van der Waals surface area contributed by atoms with Crippen LogP contribution in [0, 0.1) is 6.92 Å². The molecule has 4 heteroatoms. The molecule has 3 nitrogen and oxygen atoms in total. The van der Waals surface area contributed by atoms with Crippen molar-refractivity contribution in [3.63, 3.8) is 0 Å². The van der Waals surface area contributed by atoms with Crippen molar-refractivity contribution in [1.29, 1.82) is 0 Å².